The molecule has 16 heavy (non-hydrogen) atoms. The lowest BCUT2D eigenvalue weighted by molar-refractivity contribution is -0.131. The number of piperazine rings is 1. The summed E-state index contributed by atoms with van der Waals surface area (Å²) in [5.74, 6) is 0.170. The lowest BCUT2D eigenvalue weighted by Gasteiger charge is -2.31. The van der Waals surface area contributed by atoms with Crippen molar-refractivity contribution >= 4 is 21.8 Å². The number of rotatable bonds is 2. The fourth-order valence-electron chi connectivity index (χ4n) is 1.93. The number of carbonyl (C=O) groups excluding carboxylic acids is 1. The predicted octanol–water partition coefficient (Wildman–Crippen LogP) is 1.42. The Morgan fingerprint density at radius 3 is 2.94 bits per heavy atom. The number of likely N-dealkylation sites (N-methyl/N-ethyl adjacent to an activating group) is 1. The quantitative estimate of drug-likeness (QED) is 0.890. The average Bonchev–Trinajstić information content (AvgIpc) is 2.27. The van der Waals surface area contributed by atoms with E-state index in [1.165, 1.54) is 5.56 Å². The number of hydrogen-bond donors (Lipinski definition) is 1. The lowest BCUT2D eigenvalue weighted by Crippen LogP contribution is -2.53. The van der Waals surface area contributed by atoms with Crippen molar-refractivity contribution in [1.29, 1.82) is 0 Å². The minimum Gasteiger partial charge on any atom is -0.343 e. The first kappa shape index (κ1) is 11.6. The fraction of sp³-hybridized carbons (Fsp3) is 0.417. The van der Waals surface area contributed by atoms with Gasteiger partial charge >= 0.3 is 0 Å². The molecule has 3 nitrogen and oxygen atoms in total. The summed E-state index contributed by atoms with van der Waals surface area (Å²) >= 11 is 3.54. The van der Waals surface area contributed by atoms with E-state index in [-0.39, 0.29) is 5.91 Å². The van der Waals surface area contributed by atoms with E-state index >= 15 is 0 Å². The zero-order chi connectivity index (χ0) is 11.5. The summed E-state index contributed by atoms with van der Waals surface area (Å²) in [6.07, 6.45) is 0.943. The monoisotopic (exact) mass is 282 g/mol. The van der Waals surface area contributed by atoms with Gasteiger partial charge in [0.25, 0.3) is 0 Å². The maximum absolute atomic E-state index is 11.3. The van der Waals surface area contributed by atoms with Gasteiger partial charge in [-0.1, -0.05) is 34.1 Å². The first-order valence-electron chi connectivity index (χ1n) is 5.37. The van der Waals surface area contributed by atoms with E-state index < -0.39 is 0 Å². The second-order valence-corrected chi connectivity index (χ2v) is 5.00. The van der Waals surface area contributed by atoms with Crippen LogP contribution in [0.2, 0.25) is 0 Å². The summed E-state index contributed by atoms with van der Waals surface area (Å²) in [5, 5.41) is 3.26. The van der Waals surface area contributed by atoms with Gasteiger partial charge in [0.15, 0.2) is 0 Å². The van der Waals surface area contributed by atoms with Crippen LogP contribution in [0, 0.1) is 0 Å². The van der Waals surface area contributed by atoms with E-state index in [9.17, 15) is 4.79 Å². The zero-order valence-electron chi connectivity index (χ0n) is 9.24. The normalized spacial score (nSPS) is 21.2. The van der Waals surface area contributed by atoms with Crippen LogP contribution in [0.1, 0.15) is 5.56 Å². The van der Waals surface area contributed by atoms with Crippen molar-refractivity contribution < 1.29 is 4.79 Å². The van der Waals surface area contributed by atoms with Gasteiger partial charge in [-0.15, -0.1) is 0 Å². The molecule has 1 aromatic rings. The molecule has 1 aromatic carbocycles. The molecule has 86 valence electrons. The molecule has 0 saturated carbocycles. The number of benzene rings is 1. The summed E-state index contributed by atoms with van der Waals surface area (Å²) in [5.41, 5.74) is 1.28. The van der Waals surface area contributed by atoms with Gasteiger partial charge in [0.1, 0.15) is 0 Å². The molecule has 2 rings (SSSR count). The summed E-state index contributed by atoms with van der Waals surface area (Å²) in [4.78, 5) is 13.1. The molecule has 1 N–H and O–H groups in total. The molecule has 0 bridgehead atoms. The topological polar surface area (TPSA) is 32.3 Å². The third-order valence-electron chi connectivity index (χ3n) is 2.89. The van der Waals surface area contributed by atoms with Crippen molar-refractivity contribution in [3.05, 3.63) is 34.3 Å². The van der Waals surface area contributed by atoms with Crippen molar-refractivity contribution in [1.82, 2.24) is 10.2 Å². The molecule has 0 aliphatic carbocycles. The molecule has 1 aliphatic rings. The fourth-order valence-corrected chi connectivity index (χ4v) is 2.38. The standard InChI is InChI=1S/C12H15BrN2O/c1-15-8-10(14-7-12(15)16)6-9-4-2-3-5-11(9)13/h2-5,10,14H,6-8H2,1H3. The molecular formula is C12H15BrN2O. The summed E-state index contributed by atoms with van der Waals surface area (Å²) < 4.78 is 1.14. The Hall–Kier alpha value is -0.870. The van der Waals surface area contributed by atoms with Crippen LogP contribution in [0.3, 0.4) is 0 Å². The zero-order valence-corrected chi connectivity index (χ0v) is 10.8. The van der Waals surface area contributed by atoms with Gasteiger partial charge in [0.05, 0.1) is 6.54 Å². The summed E-state index contributed by atoms with van der Waals surface area (Å²) in [6.45, 7) is 1.23. The third-order valence-corrected chi connectivity index (χ3v) is 3.66. The molecular weight excluding hydrogens is 268 g/mol. The molecule has 1 unspecified atom stereocenters. The molecule has 1 saturated heterocycles. The van der Waals surface area contributed by atoms with E-state index in [0.29, 0.717) is 12.6 Å². The van der Waals surface area contributed by atoms with Crippen LogP contribution in [0.15, 0.2) is 28.7 Å². The summed E-state index contributed by atoms with van der Waals surface area (Å²) in [7, 11) is 1.86. The van der Waals surface area contributed by atoms with Crippen molar-refractivity contribution in [2.24, 2.45) is 0 Å². The molecule has 0 radical (unpaired) electrons. The maximum Gasteiger partial charge on any atom is 0.236 e. The van der Waals surface area contributed by atoms with Crippen molar-refractivity contribution in [3.63, 3.8) is 0 Å². The number of amides is 1. The van der Waals surface area contributed by atoms with Gasteiger partial charge in [-0.25, -0.2) is 0 Å². The van der Waals surface area contributed by atoms with Gasteiger partial charge in [0, 0.05) is 24.1 Å². The minimum atomic E-state index is 0.170. The molecule has 0 aromatic heterocycles. The summed E-state index contributed by atoms with van der Waals surface area (Å²) in [6, 6.07) is 8.56. The number of halogens is 1. The third kappa shape index (κ3) is 2.62. The van der Waals surface area contributed by atoms with E-state index in [0.717, 1.165) is 17.4 Å². The molecule has 0 spiro atoms. The van der Waals surface area contributed by atoms with Crippen LogP contribution in [-0.2, 0) is 11.2 Å². The number of nitrogens with zero attached hydrogens (tertiary/aromatic N) is 1. The van der Waals surface area contributed by atoms with E-state index in [1.807, 2.05) is 25.2 Å². The van der Waals surface area contributed by atoms with E-state index in [1.54, 1.807) is 4.90 Å². The average molecular weight is 283 g/mol. The van der Waals surface area contributed by atoms with E-state index in [2.05, 4.69) is 27.3 Å². The molecule has 4 heteroatoms. The second-order valence-electron chi connectivity index (χ2n) is 4.15. The predicted molar refractivity (Wildman–Crippen MR) is 67.3 cm³/mol. The number of carbonyl (C=O) groups is 1. The van der Waals surface area contributed by atoms with Gasteiger partial charge in [0.2, 0.25) is 5.91 Å². The van der Waals surface area contributed by atoms with Crippen molar-refractivity contribution in [2.45, 2.75) is 12.5 Å². The lowest BCUT2D eigenvalue weighted by atomic mass is 10.0. The van der Waals surface area contributed by atoms with Gasteiger partial charge < -0.3 is 10.2 Å². The second kappa shape index (κ2) is 4.97. The molecule has 1 fully saturated rings. The van der Waals surface area contributed by atoms with Crippen LogP contribution in [0.25, 0.3) is 0 Å². The van der Waals surface area contributed by atoms with Gasteiger partial charge in [-0.2, -0.15) is 0 Å². The molecule has 1 amide bonds. The highest BCUT2D eigenvalue weighted by Gasteiger charge is 2.22. The van der Waals surface area contributed by atoms with Crippen molar-refractivity contribution in [3.8, 4) is 0 Å². The Morgan fingerprint density at radius 2 is 2.25 bits per heavy atom. The molecule has 1 atom stereocenters. The van der Waals surface area contributed by atoms with Crippen LogP contribution in [0.5, 0.6) is 0 Å². The smallest absolute Gasteiger partial charge is 0.236 e. The Balaban J connectivity index is 2.01. The Morgan fingerprint density at radius 1 is 1.50 bits per heavy atom. The Labute approximate surface area is 104 Å². The molecule has 1 heterocycles. The highest BCUT2D eigenvalue weighted by Crippen LogP contribution is 2.18. The highest BCUT2D eigenvalue weighted by molar-refractivity contribution is 9.10. The largest absolute Gasteiger partial charge is 0.343 e. The number of hydrogen-bond acceptors (Lipinski definition) is 2. The Kier molecular flexibility index (Phi) is 3.61. The van der Waals surface area contributed by atoms with Crippen LogP contribution in [-0.4, -0.2) is 37.0 Å². The van der Waals surface area contributed by atoms with Gasteiger partial charge in [-0.05, 0) is 18.1 Å². The maximum atomic E-state index is 11.3. The van der Waals surface area contributed by atoms with Crippen LogP contribution in [0.4, 0.5) is 0 Å². The van der Waals surface area contributed by atoms with E-state index in [4.69, 9.17) is 0 Å². The first-order valence-corrected chi connectivity index (χ1v) is 6.17. The minimum absolute atomic E-state index is 0.170. The van der Waals surface area contributed by atoms with Crippen LogP contribution >= 0.6 is 15.9 Å². The Bertz CT molecular complexity index is 394. The number of nitrogens with one attached hydrogen (secondary N) is 1. The SMILES string of the molecule is CN1CC(Cc2ccccc2Br)NCC1=O. The van der Waals surface area contributed by atoms with Gasteiger partial charge in [-0.3, -0.25) is 4.79 Å². The first-order chi connectivity index (χ1) is 7.66. The molecule has 1 aliphatic heterocycles. The highest BCUT2D eigenvalue weighted by atomic mass is 79.9. The van der Waals surface area contributed by atoms with Crippen molar-refractivity contribution in [2.75, 3.05) is 20.1 Å². The van der Waals surface area contributed by atoms with Crippen LogP contribution < -0.4 is 5.32 Å².